The van der Waals surface area contributed by atoms with Gasteiger partial charge in [-0.3, -0.25) is 4.79 Å². The number of carbonyl (C=O) groups excluding carboxylic acids is 1. The third kappa shape index (κ3) is 4.67. The molecule has 1 fully saturated rings. The standard InChI is InChI=1S/C23H20F3NO3/c24-23(25,26)30-18-11-8-15(9-12-18)14-29-21-19-7-2-1-4-16(19)10-13-20(21)22(28)27-17-5-3-6-17/h1-2,4,7-13,17H,3,5-6,14H2,(H,27,28). The summed E-state index contributed by atoms with van der Waals surface area (Å²) >= 11 is 0. The number of hydrogen-bond acceptors (Lipinski definition) is 3. The van der Waals surface area contributed by atoms with E-state index in [1.165, 1.54) is 24.3 Å². The lowest BCUT2D eigenvalue weighted by molar-refractivity contribution is -0.274. The maximum Gasteiger partial charge on any atom is 0.573 e. The van der Waals surface area contributed by atoms with Gasteiger partial charge in [0.1, 0.15) is 18.1 Å². The molecule has 1 aliphatic rings. The Labute approximate surface area is 171 Å². The molecule has 0 aromatic heterocycles. The predicted octanol–water partition coefficient (Wildman–Crippen LogP) is 5.60. The smallest absolute Gasteiger partial charge is 0.487 e. The molecule has 0 aliphatic heterocycles. The molecule has 1 aliphatic carbocycles. The Morgan fingerprint density at radius 1 is 1.00 bits per heavy atom. The number of ether oxygens (including phenoxy) is 2. The lowest BCUT2D eigenvalue weighted by Gasteiger charge is -2.27. The monoisotopic (exact) mass is 415 g/mol. The van der Waals surface area contributed by atoms with E-state index in [-0.39, 0.29) is 24.3 Å². The summed E-state index contributed by atoms with van der Waals surface area (Å²) in [6.07, 6.45) is -1.67. The Hall–Kier alpha value is -3.22. The van der Waals surface area contributed by atoms with Crippen LogP contribution in [0.3, 0.4) is 0 Å². The van der Waals surface area contributed by atoms with Crippen molar-refractivity contribution in [3.05, 3.63) is 71.8 Å². The van der Waals surface area contributed by atoms with E-state index in [2.05, 4.69) is 10.1 Å². The number of halogens is 3. The number of rotatable bonds is 6. The summed E-state index contributed by atoms with van der Waals surface area (Å²) in [5.41, 5.74) is 1.10. The zero-order chi connectivity index (χ0) is 21.1. The number of amides is 1. The van der Waals surface area contributed by atoms with Gasteiger partial charge in [-0.15, -0.1) is 13.2 Å². The quantitative estimate of drug-likeness (QED) is 0.570. The fourth-order valence-electron chi connectivity index (χ4n) is 3.34. The molecule has 30 heavy (non-hydrogen) atoms. The van der Waals surface area contributed by atoms with Crippen molar-refractivity contribution in [2.45, 2.75) is 38.3 Å². The first-order valence-electron chi connectivity index (χ1n) is 9.69. The molecule has 1 amide bonds. The minimum absolute atomic E-state index is 0.101. The van der Waals surface area contributed by atoms with Crippen LogP contribution in [0.2, 0.25) is 0 Å². The molecule has 0 atom stereocenters. The average Bonchev–Trinajstić information content (AvgIpc) is 2.68. The van der Waals surface area contributed by atoms with E-state index in [9.17, 15) is 18.0 Å². The molecule has 0 heterocycles. The molecule has 0 bridgehead atoms. The van der Waals surface area contributed by atoms with Gasteiger partial charge in [0.15, 0.2) is 0 Å². The summed E-state index contributed by atoms with van der Waals surface area (Å²) in [5.74, 6) is -0.0214. The van der Waals surface area contributed by atoms with Gasteiger partial charge in [-0.1, -0.05) is 42.5 Å². The van der Waals surface area contributed by atoms with Crippen molar-refractivity contribution in [3.63, 3.8) is 0 Å². The van der Waals surface area contributed by atoms with Crippen LogP contribution >= 0.6 is 0 Å². The van der Waals surface area contributed by atoms with Crippen LogP contribution in [0, 0.1) is 0 Å². The Balaban J connectivity index is 1.56. The SMILES string of the molecule is O=C(NC1CCC1)c1ccc2ccccc2c1OCc1ccc(OC(F)(F)F)cc1. The summed E-state index contributed by atoms with van der Waals surface area (Å²) in [6, 6.07) is 16.9. The van der Waals surface area contributed by atoms with Gasteiger partial charge in [0, 0.05) is 11.4 Å². The number of benzene rings is 3. The maximum absolute atomic E-state index is 12.8. The van der Waals surface area contributed by atoms with Crippen molar-refractivity contribution < 1.29 is 27.4 Å². The van der Waals surface area contributed by atoms with E-state index in [0.717, 1.165) is 30.0 Å². The van der Waals surface area contributed by atoms with Gasteiger partial charge >= 0.3 is 6.36 Å². The van der Waals surface area contributed by atoms with Gasteiger partial charge in [-0.2, -0.15) is 0 Å². The topological polar surface area (TPSA) is 47.6 Å². The van der Waals surface area contributed by atoms with Gasteiger partial charge in [0.25, 0.3) is 5.91 Å². The van der Waals surface area contributed by atoms with Crippen LogP contribution in [-0.2, 0) is 6.61 Å². The van der Waals surface area contributed by atoms with E-state index in [1.807, 2.05) is 30.3 Å². The summed E-state index contributed by atoms with van der Waals surface area (Å²) < 4.78 is 46.8. The predicted molar refractivity (Wildman–Crippen MR) is 107 cm³/mol. The molecule has 0 radical (unpaired) electrons. The van der Waals surface area contributed by atoms with Crippen molar-refractivity contribution >= 4 is 16.7 Å². The van der Waals surface area contributed by atoms with Gasteiger partial charge in [0.2, 0.25) is 0 Å². The van der Waals surface area contributed by atoms with E-state index in [0.29, 0.717) is 16.9 Å². The van der Waals surface area contributed by atoms with E-state index in [1.54, 1.807) is 6.07 Å². The fraction of sp³-hybridized carbons (Fsp3) is 0.261. The first-order chi connectivity index (χ1) is 14.4. The molecule has 0 saturated heterocycles. The molecule has 4 rings (SSSR count). The Bertz CT molecular complexity index is 1040. The summed E-state index contributed by atoms with van der Waals surface area (Å²) in [6.45, 7) is 0.101. The van der Waals surface area contributed by atoms with Crippen LogP contribution in [0.1, 0.15) is 35.2 Å². The van der Waals surface area contributed by atoms with Gasteiger partial charge < -0.3 is 14.8 Å². The van der Waals surface area contributed by atoms with Crippen molar-refractivity contribution in [2.75, 3.05) is 0 Å². The Kier molecular flexibility index (Phi) is 5.53. The normalized spacial score (nSPS) is 14.2. The Morgan fingerprint density at radius 2 is 1.73 bits per heavy atom. The van der Waals surface area contributed by atoms with E-state index in [4.69, 9.17) is 4.74 Å². The lowest BCUT2D eigenvalue weighted by atomic mass is 9.92. The molecule has 4 nitrogen and oxygen atoms in total. The highest BCUT2D eigenvalue weighted by Crippen LogP contribution is 2.32. The van der Waals surface area contributed by atoms with Gasteiger partial charge in [-0.25, -0.2) is 0 Å². The van der Waals surface area contributed by atoms with Crippen LogP contribution in [0.15, 0.2) is 60.7 Å². The van der Waals surface area contributed by atoms with Crippen LogP contribution in [0.25, 0.3) is 10.8 Å². The number of nitrogens with one attached hydrogen (secondary N) is 1. The molecule has 7 heteroatoms. The van der Waals surface area contributed by atoms with Crippen LogP contribution in [-0.4, -0.2) is 18.3 Å². The summed E-state index contributed by atoms with van der Waals surface area (Å²) in [4.78, 5) is 12.8. The second kappa shape index (κ2) is 8.26. The zero-order valence-electron chi connectivity index (χ0n) is 16.0. The summed E-state index contributed by atoms with van der Waals surface area (Å²) in [7, 11) is 0. The molecule has 1 saturated carbocycles. The second-order valence-corrected chi connectivity index (χ2v) is 7.25. The highest BCUT2D eigenvalue weighted by Gasteiger charge is 2.31. The minimum Gasteiger partial charge on any atom is -0.487 e. The molecule has 3 aromatic carbocycles. The number of carbonyl (C=O) groups is 1. The van der Waals surface area contributed by atoms with Gasteiger partial charge in [0.05, 0.1) is 5.56 Å². The summed E-state index contributed by atoms with van der Waals surface area (Å²) in [5, 5.41) is 4.76. The first kappa shape index (κ1) is 20.1. The van der Waals surface area contributed by atoms with E-state index >= 15 is 0 Å². The van der Waals surface area contributed by atoms with Crippen molar-refractivity contribution in [3.8, 4) is 11.5 Å². The van der Waals surface area contributed by atoms with Crippen molar-refractivity contribution in [2.24, 2.45) is 0 Å². The largest absolute Gasteiger partial charge is 0.573 e. The average molecular weight is 415 g/mol. The van der Waals surface area contributed by atoms with Crippen LogP contribution in [0.4, 0.5) is 13.2 Å². The van der Waals surface area contributed by atoms with Crippen molar-refractivity contribution in [1.29, 1.82) is 0 Å². The molecule has 1 N–H and O–H groups in total. The zero-order valence-corrected chi connectivity index (χ0v) is 16.0. The molecule has 156 valence electrons. The number of alkyl halides is 3. The van der Waals surface area contributed by atoms with Crippen LogP contribution in [0.5, 0.6) is 11.5 Å². The maximum atomic E-state index is 12.8. The Morgan fingerprint density at radius 3 is 2.40 bits per heavy atom. The second-order valence-electron chi connectivity index (χ2n) is 7.25. The lowest BCUT2D eigenvalue weighted by Crippen LogP contribution is -2.39. The molecule has 0 spiro atoms. The minimum atomic E-state index is -4.73. The molecular formula is C23H20F3NO3. The molecule has 3 aromatic rings. The number of fused-ring (bicyclic) bond motifs is 1. The third-order valence-electron chi connectivity index (χ3n) is 5.10. The molecule has 0 unspecified atom stereocenters. The van der Waals surface area contributed by atoms with E-state index < -0.39 is 6.36 Å². The highest BCUT2D eigenvalue weighted by atomic mass is 19.4. The number of hydrogen-bond donors (Lipinski definition) is 1. The molecular weight excluding hydrogens is 395 g/mol. The third-order valence-corrected chi connectivity index (χ3v) is 5.10. The van der Waals surface area contributed by atoms with Crippen molar-refractivity contribution in [1.82, 2.24) is 5.32 Å². The fourth-order valence-corrected chi connectivity index (χ4v) is 3.34. The first-order valence-corrected chi connectivity index (χ1v) is 9.69. The van der Waals surface area contributed by atoms with Crippen LogP contribution < -0.4 is 14.8 Å². The highest BCUT2D eigenvalue weighted by molar-refractivity contribution is 6.04. The van der Waals surface area contributed by atoms with Gasteiger partial charge in [-0.05, 0) is 48.4 Å².